The molecule has 1 heterocycles. The maximum absolute atomic E-state index is 12.8. The molecular formula is C22H20Cl2O4. The van der Waals surface area contributed by atoms with Gasteiger partial charge in [0, 0.05) is 27.1 Å². The first-order valence-corrected chi connectivity index (χ1v) is 9.67. The van der Waals surface area contributed by atoms with Crippen molar-refractivity contribution in [2.45, 2.75) is 33.3 Å². The largest absolute Gasteiger partial charge is 0.460 e. The third-order valence-electron chi connectivity index (χ3n) is 4.63. The Morgan fingerprint density at radius 2 is 1.79 bits per heavy atom. The second-order valence-electron chi connectivity index (χ2n) is 7.07. The summed E-state index contributed by atoms with van der Waals surface area (Å²) in [6, 6.07) is 11.9. The zero-order valence-corrected chi connectivity index (χ0v) is 17.3. The number of fused-ring (bicyclic) bond motifs is 1. The molecule has 0 radical (unpaired) electrons. The first-order valence-electron chi connectivity index (χ1n) is 8.91. The first-order chi connectivity index (χ1) is 13.3. The highest BCUT2D eigenvalue weighted by Gasteiger charge is 2.26. The zero-order valence-electron chi connectivity index (χ0n) is 15.8. The zero-order chi connectivity index (χ0) is 20.4. The quantitative estimate of drug-likeness (QED) is 0.382. The monoisotopic (exact) mass is 418 g/mol. The van der Waals surface area contributed by atoms with Crippen molar-refractivity contribution >= 4 is 40.1 Å². The minimum absolute atomic E-state index is 0.0309. The summed E-state index contributed by atoms with van der Waals surface area (Å²) in [6.45, 7) is 5.69. The Hall–Kier alpha value is -2.30. The lowest BCUT2D eigenvalue weighted by atomic mass is 9.88. The molecule has 0 unspecified atom stereocenters. The molecule has 0 aliphatic heterocycles. The van der Waals surface area contributed by atoms with Gasteiger partial charge in [-0.3, -0.25) is 4.79 Å². The molecular weight excluding hydrogens is 399 g/mol. The van der Waals surface area contributed by atoms with Crippen molar-refractivity contribution in [3.63, 3.8) is 0 Å². The summed E-state index contributed by atoms with van der Waals surface area (Å²) in [4.78, 5) is 24.7. The predicted octanol–water partition coefficient (Wildman–Crippen LogP) is 5.89. The standard InChI is InChI=1S/C22H20Cl2O4/c1-12(2)21(14-4-6-16(23)7-5-14)22(26)27-11-15-9-20(25)28-19-8-13(3)18(24)10-17(15)19/h4-10,12,21H,11H2,1-3H3/t21-/m0/s1. The minimum atomic E-state index is -0.501. The van der Waals surface area contributed by atoms with Crippen molar-refractivity contribution in [2.24, 2.45) is 5.92 Å². The highest BCUT2D eigenvalue weighted by molar-refractivity contribution is 6.32. The molecule has 0 aliphatic rings. The van der Waals surface area contributed by atoms with E-state index in [4.69, 9.17) is 32.4 Å². The van der Waals surface area contributed by atoms with Gasteiger partial charge in [-0.2, -0.15) is 0 Å². The van der Waals surface area contributed by atoms with Crippen LogP contribution < -0.4 is 5.63 Å². The number of benzene rings is 2. The lowest BCUT2D eigenvalue weighted by molar-refractivity contribution is -0.147. The molecule has 0 N–H and O–H groups in total. The van der Waals surface area contributed by atoms with Crippen LogP contribution in [0.1, 0.15) is 36.5 Å². The Labute approximate surface area is 173 Å². The van der Waals surface area contributed by atoms with E-state index in [0.717, 1.165) is 11.1 Å². The number of hydrogen-bond acceptors (Lipinski definition) is 4. The molecule has 146 valence electrons. The van der Waals surface area contributed by atoms with E-state index in [9.17, 15) is 9.59 Å². The molecule has 6 heteroatoms. The van der Waals surface area contributed by atoms with Crippen LogP contribution in [0.2, 0.25) is 10.0 Å². The number of halogens is 2. The van der Waals surface area contributed by atoms with Crippen LogP contribution in [0.4, 0.5) is 0 Å². The van der Waals surface area contributed by atoms with Crippen LogP contribution in [0.15, 0.2) is 51.7 Å². The number of aryl methyl sites for hydroxylation is 1. The van der Waals surface area contributed by atoms with Gasteiger partial charge in [-0.1, -0.05) is 49.2 Å². The van der Waals surface area contributed by atoms with E-state index in [1.165, 1.54) is 6.07 Å². The second kappa shape index (κ2) is 8.38. The number of hydrogen-bond donors (Lipinski definition) is 0. The molecule has 28 heavy (non-hydrogen) atoms. The minimum Gasteiger partial charge on any atom is -0.460 e. The highest BCUT2D eigenvalue weighted by atomic mass is 35.5. The van der Waals surface area contributed by atoms with E-state index in [2.05, 4.69) is 0 Å². The van der Waals surface area contributed by atoms with E-state index < -0.39 is 11.5 Å². The van der Waals surface area contributed by atoms with Gasteiger partial charge >= 0.3 is 11.6 Å². The summed E-state index contributed by atoms with van der Waals surface area (Å²) in [5.41, 5.74) is 2.10. The number of carbonyl (C=O) groups excluding carboxylic acids is 1. The maximum atomic E-state index is 12.8. The smallest absolute Gasteiger partial charge is 0.336 e. The van der Waals surface area contributed by atoms with Gasteiger partial charge < -0.3 is 9.15 Å². The summed E-state index contributed by atoms with van der Waals surface area (Å²) in [6.07, 6.45) is 0. The molecule has 0 saturated carbocycles. The van der Waals surface area contributed by atoms with Crippen LogP contribution in [0, 0.1) is 12.8 Å². The van der Waals surface area contributed by atoms with Crippen LogP contribution in [0.5, 0.6) is 0 Å². The maximum Gasteiger partial charge on any atom is 0.336 e. The lowest BCUT2D eigenvalue weighted by Gasteiger charge is -2.20. The van der Waals surface area contributed by atoms with Crippen molar-refractivity contribution in [1.29, 1.82) is 0 Å². The third-order valence-corrected chi connectivity index (χ3v) is 5.29. The number of rotatable bonds is 5. The van der Waals surface area contributed by atoms with Crippen LogP contribution in [-0.4, -0.2) is 5.97 Å². The van der Waals surface area contributed by atoms with E-state index in [1.807, 2.05) is 32.9 Å². The van der Waals surface area contributed by atoms with Gasteiger partial charge in [0.25, 0.3) is 0 Å². The van der Waals surface area contributed by atoms with Crippen molar-refractivity contribution in [3.05, 3.63) is 79.6 Å². The average molecular weight is 419 g/mol. The van der Waals surface area contributed by atoms with E-state index in [-0.39, 0.29) is 18.5 Å². The number of ether oxygens (including phenoxy) is 1. The van der Waals surface area contributed by atoms with E-state index in [0.29, 0.717) is 26.6 Å². The molecule has 0 aliphatic carbocycles. The molecule has 1 atom stereocenters. The molecule has 0 bridgehead atoms. The van der Waals surface area contributed by atoms with Crippen molar-refractivity contribution in [1.82, 2.24) is 0 Å². The van der Waals surface area contributed by atoms with Gasteiger partial charge in [0.2, 0.25) is 0 Å². The molecule has 4 nitrogen and oxygen atoms in total. The van der Waals surface area contributed by atoms with Gasteiger partial charge in [-0.15, -0.1) is 0 Å². The fourth-order valence-corrected chi connectivity index (χ4v) is 3.46. The Bertz CT molecular complexity index is 1070. The van der Waals surface area contributed by atoms with Gasteiger partial charge in [0.1, 0.15) is 12.2 Å². The first kappa shape index (κ1) is 20.4. The molecule has 0 fully saturated rings. The van der Waals surface area contributed by atoms with Crippen molar-refractivity contribution in [2.75, 3.05) is 0 Å². The molecule has 2 aromatic carbocycles. The Morgan fingerprint density at radius 3 is 2.43 bits per heavy atom. The summed E-state index contributed by atoms with van der Waals surface area (Å²) in [5.74, 6) is -0.769. The summed E-state index contributed by atoms with van der Waals surface area (Å²) in [5, 5.41) is 1.81. The SMILES string of the molecule is Cc1cc2oc(=O)cc(COC(=O)[C@H](c3ccc(Cl)cc3)C(C)C)c2cc1Cl. The lowest BCUT2D eigenvalue weighted by Crippen LogP contribution is -2.21. The van der Waals surface area contributed by atoms with Gasteiger partial charge in [0.15, 0.2) is 0 Å². The highest BCUT2D eigenvalue weighted by Crippen LogP contribution is 2.29. The fourth-order valence-electron chi connectivity index (χ4n) is 3.17. The van der Waals surface area contributed by atoms with Gasteiger partial charge in [-0.25, -0.2) is 4.79 Å². The molecule has 1 aromatic heterocycles. The topological polar surface area (TPSA) is 56.5 Å². The van der Waals surface area contributed by atoms with Crippen LogP contribution in [0.3, 0.4) is 0 Å². The van der Waals surface area contributed by atoms with Gasteiger partial charge in [-0.05, 0) is 48.2 Å². The van der Waals surface area contributed by atoms with Crippen LogP contribution in [-0.2, 0) is 16.1 Å². The van der Waals surface area contributed by atoms with Crippen molar-refractivity contribution < 1.29 is 13.9 Å². The molecule has 0 amide bonds. The normalized spacial score (nSPS) is 12.4. The predicted molar refractivity (Wildman–Crippen MR) is 111 cm³/mol. The van der Waals surface area contributed by atoms with Crippen LogP contribution in [0.25, 0.3) is 11.0 Å². The van der Waals surface area contributed by atoms with E-state index >= 15 is 0 Å². The summed E-state index contributed by atoms with van der Waals surface area (Å²) >= 11 is 12.2. The van der Waals surface area contributed by atoms with Gasteiger partial charge in [0.05, 0.1) is 5.92 Å². The summed E-state index contributed by atoms with van der Waals surface area (Å²) < 4.78 is 10.8. The molecule has 3 rings (SSSR count). The Morgan fingerprint density at radius 1 is 1.11 bits per heavy atom. The van der Waals surface area contributed by atoms with Crippen molar-refractivity contribution in [3.8, 4) is 0 Å². The van der Waals surface area contributed by atoms with E-state index in [1.54, 1.807) is 24.3 Å². The average Bonchev–Trinajstić information content (AvgIpc) is 2.62. The second-order valence-corrected chi connectivity index (χ2v) is 7.91. The fraction of sp³-hybridized carbons (Fsp3) is 0.273. The Balaban J connectivity index is 1.88. The number of carbonyl (C=O) groups is 1. The molecule has 0 spiro atoms. The third kappa shape index (κ3) is 4.40. The molecule has 3 aromatic rings. The Kier molecular flexibility index (Phi) is 6.11. The number of esters is 1. The van der Waals surface area contributed by atoms with Crippen LogP contribution >= 0.6 is 23.2 Å². The molecule has 0 saturated heterocycles. The summed E-state index contributed by atoms with van der Waals surface area (Å²) in [7, 11) is 0.